The van der Waals surface area contributed by atoms with Gasteiger partial charge in [0.05, 0.1) is 11.2 Å². The van der Waals surface area contributed by atoms with Crippen LogP contribution in [0.3, 0.4) is 0 Å². The summed E-state index contributed by atoms with van der Waals surface area (Å²) in [6.07, 6.45) is 6.46. The number of piperidine rings is 1. The van der Waals surface area contributed by atoms with Crippen molar-refractivity contribution in [2.24, 2.45) is 5.92 Å². The molecule has 0 radical (unpaired) electrons. The van der Waals surface area contributed by atoms with E-state index in [0.29, 0.717) is 11.7 Å². The maximum atomic E-state index is 7.93. The van der Waals surface area contributed by atoms with E-state index in [0.717, 1.165) is 32.2 Å². The Morgan fingerprint density at radius 2 is 2.35 bits per heavy atom. The molecule has 0 unspecified atom stereocenters. The lowest BCUT2D eigenvalue weighted by atomic mass is 9.52. The second-order valence-electron chi connectivity index (χ2n) is 6.69. The molecule has 108 valence electrons. The Labute approximate surface area is 129 Å². The zero-order chi connectivity index (χ0) is 17.8. The van der Waals surface area contributed by atoms with Crippen molar-refractivity contribution in [2.45, 2.75) is 50.0 Å². The van der Waals surface area contributed by atoms with Gasteiger partial charge in [-0.15, -0.1) is 0 Å². The monoisotopic (exact) mass is 276 g/mol. The van der Waals surface area contributed by atoms with Crippen LogP contribution in [0.25, 0.3) is 0 Å². The number of fused-ring (bicyclic) bond motifs is 1. The normalized spacial score (nSPS) is 40.5. The van der Waals surface area contributed by atoms with Gasteiger partial charge in [-0.25, -0.2) is 0 Å². The number of ether oxygens (including phenoxy) is 1. The Bertz CT molecular complexity index is 661. The minimum absolute atomic E-state index is 0.0655. The van der Waals surface area contributed by atoms with Gasteiger partial charge in [-0.2, -0.15) is 0 Å². The van der Waals surface area contributed by atoms with Crippen molar-refractivity contribution in [3.05, 3.63) is 29.3 Å². The van der Waals surface area contributed by atoms with Crippen LogP contribution < -0.4 is 4.74 Å². The Balaban J connectivity index is 1.77. The van der Waals surface area contributed by atoms with Gasteiger partial charge in [-0.1, -0.05) is 18.9 Å². The molecule has 0 amide bonds. The zero-order valence-electron chi connectivity index (χ0n) is 16.8. The molecule has 1 saturated heterocycles. The molecule has 3 atom stereocenters. The summed E-state index contributed by atoms with van der Waals surface area (Å²) in [6, 6.07) is 5.98. The van der Waals surface area contributed by atoms with Gasteiger partial charge in [0.2, 0.25) is 0 Å². The highest BCUT2D eigenvalue weighted by Gasteiger charge is 2.53. The molecule has 1 aromatic carbocycles. The van der Waals surface area contributed by atoms with E-state index >= 15 is 0 Å². The van der Waals surface area contributed by atoms with Crippen LogP contribution in [-0.4, -0.2) is 31.5 Å². The summed E-state index contributed by atoms with van der Waals surface area (Å²) < 4.78 is 43.1. The molecule has 3 aliphatic rings. The van der Waals surface area contributed by atoms with Crippen LogP contribution in [0.1, 0.15) is 50.1 Å². The molecule has 2 aliphatic carbocycles. The number of likely N-dealkylation sites (N-methyl/N-ethyl adjacent to an activating group) is 1. The first-order valence-corrected chi connectivity index (χ1v) is 7.73. The summed E-state index contributed by atoms with van der Waals surface area (Å²) >= 11 is 0. The van der Waals surface area contributed by atoms with Crippen molar-refractivity contribution in [3.8, 4) is 5.75 Å². The van der Waals surface area contributed by atoms with Crippen LogP contribution in [0.15, 0.2) is 18.2 Å². The molecule has 2 heteroatoms. The molecule has 1 aromatic rings. The molecule has 0 aromatic heterocycles. The third kappa shape index (κ3) is 1.60. The average Bonchev–Trinajstić information content (AvgIpc) is 2.54. The van der Waals surface area contributed by atoms with E-state index in [9.17, 15) is 0 Å². The predicted molar refractivity (Wildman–Crippen MR) is 81.4 cm³/mol. The average molecular weight is 276 g/mol. The SMILES string of the molecule is [2H]C([2H])N1CC[C@@]23CCCC[C@@H]2[C@@H]1Cc1ccc(OC([2H])([2H])[2H])cc13. The minimum atomic E-state index is -2.43. The van der Waals surface area contributed by atoms with Crippen molar-refractivity contribution in [2.75, 3.05) is 20.6 Å². The summed E-state index contributed by atoms with van der Waals surface area (Å²) in [5, 5.41) is 0. The Morgan fingerprint density at radius 3 is 3.25 bits per heavy atom. The van der Waals surface area contributed by atoms with Gasteiger partial charge < -0.3 is 9.64 Å². The first-order valence-electron chi connectivity index (χ1n) is 10.4. The summed E-state index contributed by atoms with van der Waals surface area (Å²) in [4.78, 5) is 2.05. The molecule has 2 fully saturated rings. The van der Waals surface area contributed by atoms with E-state index in [4.69, 9.17) is 11.6 Å². The highest BCUT2D eigenvalue weighted by Crippen LogP contribution is 2.55. The molecule has 0 spiro atoms. The van der Waals surface area contributed by atoms with Gasteiger partial charge in [0.15, 0.2) is 0 Å². The second kappa shape index (κ2) is 4.49. The van der Waals surface area contributed by atoms with Gasteiger partial charge in [-0.3, -0.25) is 0 Å². The second-order valence-corrected chi connectivity index (χ2v) is 6.69. The van der Waals surface area contributed by atoms with Crippen LogP contribution in [0.4, 0.5) is 0 Å². The first-order chi connectivity index (χ1) is 11.8. The smallest absolute Gasteiger partial charge is 0.119 e. The van der Waals surface area contributed by atoms with Crippen molar-refractivity contribution in [3.63, 3.8) is 0 Å². The van der Waals surface area contributed by atoms with Gasteiger partial charge in [-0.05, 0) is 68.4 Å². The van der Waals surface area contributed by atoms with Crippen LogP contribution in [0, 0.1) is 5.92 Å². The van der Waals surface area contributed by atoms with Gasteiger partial charge in [0.25, 0.3) is 0 Å². The number of likely N-dealkylation sites (tertiary alicyclic amines) is 1. The molecule has 1 heterocycles. The standard InChI is InChI=1S/C18H25NO/c1-19-10-9-18-8-4-3-5-15(18)17(19)11-13-6-7-14(20-2)12-16(13)18/h6-7,12,15,17H,3-5,8-11H2,1-2H3/t15-,17+,18+/m1/s1/i1D2,2D3. The third-order valence-corrected chi connectivity index (χ3v) is 5.97. The van der Waals surface area contributed by atoms with Crippen molar-refractivity contribution < 1.29 is 11.6 Å². The van der Waals surface area contributed by atoms with Crippen LogP contribution in [0.2, 0.25) is 0 Å². The Kier molecular flexibility index (Phi) is 1.89. The number of hydrogen-bond donors (Lipinski definition) is 0. The lowest BCUT2D eigenvalue weighted by Gasteiger charge is -2.58. The first kappa shape index (κ1) is 8.43. The zero-order valence-corrected chi connectivity index (χ0v) is 11.8. The van der Waals surface area contributed by atoms with Crippen LogP contribution in [-0.2, 0) is 11.8 Å². The fourth-order valence-corrected chi connectivity index (χ4v) is 5.08. The molecule has 1 saturated carbocycles. The lowest BCUT2D eigenvalue weighted by Crippen LogP contribution is -2.59. The number of benzene rings is 1. The molecule has 1 aliphatic heterocycles. The highest BCUT2D eigenvalue weighted by atomic mass is 16.5. The predicted octanol–water partition coefficient (Wildman–Crippen LogP) is 3.38. The van der Waals surface area contributed by atoms with E-state index in [1.54, 1.807) is 6.07 Å². The Hall–Kier alpha value is -1.02. The molecule has 2 bridgehead atoms. The molecule has 0 N–H and O–H groups in total. The van der Waals surface area contributed by atoms with E-state index in [-0.39, 0.29) is 11.5 Å². The van der Waals surface area contributed by atoms with Crippen molar-refractivity contribution in [1.29, 1.82) is 0 Å². The molecular weight excluding hydrogens is 246 g/mol. The molecule has 4 rings (SSSR count). The maximum absolute atomic E-state index is 7.93. The Morgan fingerprint density at radius 1 is 1.35 bits per heavy atom. The summed E-state index contributed by atoms with van der Waals surface area (Å²) in [7, 11) is -2.43. The summed E-state index contributed by atoms with van der Waals surface area (Å²) in [5.41, 5.74) is 2.57. The number of rotatable bonds is 1. The van der Waals surface area contributed by atoms with E-state index in [1.165, 1.54) is 24.0 Å². The lowest BCUT2D eigenvalue weighted by molar-refractivity contribution is 0.00274. The maximum Gasteiger partial charge on any atom is 0.119 e. The van der Waals surface area contributed by atoms with E-state index < -0.39 is 14.0 Å². The largest absolute Gasteiger partial charge is 0.497 e. The quantitative estimate of drug-likeness (QED) is 0.779. The molecule has 2 nitrogen and oxygen atoms in total. The number of methoxy groups -OCH3 is 1. The molecular formula is C18H25NO. The fraction of sp³-hybridized carbons (Fsp3) is 0.667. The van der Waals surface area contributed by atoms with Crippen LogP contribution >= 0.6 is 0 Å². The highest BCUT2D eigenvalue weighted by molar-refractivity contribution is 5.45. The summed E-state index contributed by atoms with van der Waals surface area (Å²) in [6.45, 7) is -0.132. The van der Waals surface area contributed by atoms with Crippen LogP contribution in [0.5, 0.6) is 5.75 Å². The third-order valence-electron chi connectivity index (χ3n) is 5.97. The number of nitrogens with zero attached hydrogens (tertiary/aromatic N) is 1. The topological polar surface area (TPSA) is 12.5 Å². The summed E-state index contributed by atoms with van der Waals surface area (Å²) in [5.74, 6) is 0.890. The van der Waals surface area contributed by atoms with Gasteiger partial charge in [0.1, 0.15) is 5.75 Å². The molecule has 20 heavy (non-hydrogen) atoms. The van der Waals surface area contributed by atoms with E-state index in [1.807, 2.05) is 17.0 Å². The van der Waals surface area contributed by atoms with Crippen molar-refractivity contribution >= 4 is 0 Å². The fourth-order valence-electron chi connectivity index (χ4n) is 5.08. The minimum Gasteiger partial charge on any atom is -0.497 e. The van der Waals surface area contributed by atoms with Gasteiger partial charge >= 0.3 is 0 Å². The van der Waals surface area contributed by atoms with Crippen molar-refractivity contribution in [1.82, 2.24) is 4.90 Å². The van der Waals surface area contributed by atoms with Gasteiger partial charge in [0, 0.05) is 14.2 Å². The number of hydrogen-bond acceptors (Lipinski definition) is 2. The van der Waals surface area contributed by atoms with E-state index in [2.05, 4.69) is 0 Å².